The molecule has 0 saturated carbocycles. The van der Waals surface area contributed by atoms with Crippen LogP contribution in [0.4, 0.5) is 5.69 Å². The molecule has 0 radical (unpaired) electrons. The van der Waals surface area contributed by atoms with Crippen LogP contribution in [0.25, 0.3) is 0 Å². The molecule has 0 aliphatic carbocycles. The summed E-state index contributed by atoms with van der Waals surface area (Å²) in [5.41, 5.74) is 1.53. The Morgan fingerprint density at radius 2 is 1.78 bits per heavy atom. The first-order valence-corrected chi connectivity index (χ1v) is 8.15. The van der Waals surface area contributed by atoms with E-state index in [1.54, 1.807) is 25.1 Å². The van der Waals surface area contributed by atoms with Gasteiger partial charge in [0.2, 0.25) is 0 Å². The van der Waals surface area contributed by atoms with Crippen molar-refractivity contribution in [3.8, 4) is 5.75 Å². The lowest BCUT2D eigenvalue weighted by atomic mass is 10.0. The fourth-order valence-corrected chi connectivity index (χ4v) is 2.47. The molecule has 0 fully saturated rings. The molecule has 5 heteroatoms. The molecule has 23 heavy (non-hydrogen) atoms. The summed E-state index contributed by atoms with van der Waals surface area (Å²) in [5, 5.41) is 3.67. The summed E-state index contributed by atoms with van der Waals surface area (Å²) in [6.07, 6.45) is -0.662. The van der Waals surface area contributed by atoms with Gasteiger partial charge >= 0.3 is 0 Å². The lowest BCUT2D eigenvalue weighted by Crippen LogP contribution is -2.30. The van der Waals surface area contributed by atoms with E-state index in [-0.39, 0.29) is 5.91 Å². The quantitative estimate of drug-likeness (QED) is 0.769. The number of anilines is 1. The Bertz CT molecular complexity index is 701. The van der Waals surface area contributed by atoms with Crippen LogP contribution in [0.2, 0.25) is 10.0 Å². The molecule has 0 bridgehead atoms. The number of carbonyl (C=O) groups is 1. The minimum Gasteiger partial charge on any atom is -0.481 e. The second-order valence-electron chi connectivity index (χ2n) is 5.57. The summed E-state index contributed by atoms with van der Waals surface area (Å²) in [5.74, 6) is 0.735. The molecular formula is C18H19Cl2NO2. The molecule has 0 aliphatic heterocycles. The third-order valence-corrected chi connectivity index (χ3v) is 3.96. The van der Waals surface area contributed by atoms with Gasteiger partial charge in [-0.3, -0.25) is 4.79 Å². The van der Waals surface area contributed by atoms with Gasteiger partial charge < -0.3 is 10.1 Å². The van der Waals surface area contributed by atoms with Gasteiger partial charge in [-0.25, -0.2) is 0 Å². The van der Waals surface area contributed by atoms with Gasteiger partial charge in [0.05, 0.1) is 10.7 Å². The van der Waals surface area contributed by atoms with Gasteiger partial charge in [0, 0.05) is 5.02 Å². The summed E-state index contributed by atoms with van der Waals surface area (Å²) in [6.45, 7) is 5.86. The van der Waals surface area contributed by atoms with Crippen LogP contribution in [-0.2, 0) is 4.79 Å². The van der Waals surface area contributed by atoms with Crippen LogP contribution in [0, 0.1) is 0 Å². The molecule has 0 aromatic heterocycles. The van der Waals surface area contributed by atoms with Gasteiger partial charge in [0.25, 0.3) is 5.91 Å². The number of hydrogen-bond donors (Lipinski definition) is 1. The summed E-state index contributed by atoms with van der Waals surface area (Å²) < 4.78 is 5.82. The Labute approximate surface area is 146 Å². The van der Waals surface area contributed by atoms with Crippen LogP contribution in [0.1, 0.15) is 32.3 Å². The average Bonchev–Trinajstić information content (AvgIpc) is 2.51. The van der Waals surface area contributed by atoms with Gasteiger partial charge in [0.1, 0.15) is 5.75 Å². The minimum absolute atomic E-state index is 0.285. The fourth-order valence-electron chi connectivity index (χ4n) is 2.14. The Morgan fingerprint density at radius 1 is 1.09 bits per heavy atom. The Morgan fingerprint density at radius 3 is 2.48 bits per heavy atom. The highest BCUT2D eigenvalue weighted by Crippen LogP contribution is 2.28. The first kappa shape index (κ1) is 17.6. The van der Waals surface area contributed by atoms with E-state index in [4.69, 9.17) is 27.9 Å². The third kappa shape index (κ3) is 4.63. The molecule has 0 aliphatic rings. The summed E-state index contributed by atoms with van der Waals surface area (Å²) in [7, 11) is 0. The van der Waals surface area contributed by atoms with Gasteiger partial charge in [-0.1, -0.05) is 55.2 Å². The molecule has 2 aromatic rings. The fraction of sp³-hybridized carbons (Fsp3) is 0.278. The maximum atomic E-state index is 12.3. The highest BCUT2D eigenvalue weighted by atomic mass is 35.5. The number of amides is 1. The predicted molar refractivity (Wildman–Crippen MR) is 95.7 cm³/mol. The van der Waals surface area contributed by atoms with Crippen LogP contribution in [-0.4, -0.2) is 12.0 Å². The van der Waals surface area contributed by atoms with Crippen molar-refractivity contribution in [2.45, 2.75) is 32.8 Å². The highest BCUT2D eigenvalue weighted by Gasteiger charge is 2.18. The highest BCUT2D eigenvalue weighted by molar-refractivity contribution is 6.35. The first-order chi connectivity index (χ1) is 10.9. The van der Waals surface area contributed by atoms with Crippen LogP contribution in [0.5, 0.6) is 5.75 Å². The summed E-state index contributed by atoms with van der Waals surface area (Å²) in [6, 6.07) is 12.6. The monoisotopic (exact) mass is 351 g/mol. The third-order valence-electron chi connectivity index (χ3n) is 3.40. The zero-order chi connectivity index (χ0) is 17.0. The van der Waals surface area contributed by atoms with Crippen molar-refractivity contribution in [2.75, 3.05) is 5.32 Å². The van der Waals surface area contributed by atoms with Crippen molar-refractivity contribution >= 4 is 34.8 Å². The smallest absolute Gasteiger partial charge is 0.265 e. The molecule has 3 nitrogen and oxygen atoms in total. The Kier molecular flexibility index (Phi) is 5.91. The molecule has 1 N–H and O–H groups in total. The molecular weight excluding hydrogens is 333 g/mol. The Hall–Kier alpha value is -1.71. The lowest BCUT2D eigenvalue weighted by Gasteiger charge is -2.19. The molecule has 1 amide bonds. The maximum absolute atomic E-state index is 12.3. The number of ether oxygens (including phenoxy) is 1. The SMILES string of the molecule is CC(Oc1ccccc1C(C)C)C(=O)Nc1cc(Cl)ccc1Cl. The molecule has 1 unspecified atom stereocenters. The van der Waals surface area contributed by atoms with E-state index in [9.17, 15) is 4.79 Å². The normalized spacial score (nSPS) is 12.1. The van der Waals surface area contributed by atoms with Crippen LogP contribution in [0.3, 0.4) is 0 Å². The summed E-state index contributed by atoms with van der Waals surface area (Å²) in [4.78, 5) is 12.3. The summed E-state index contributed by atoms with van der Waals surface area (Å²) >= 11 is 12.0. The van der Waals surface area contributed by atoms with Crippen LogP contribution < -0.4 is 10.1 Å². The first-order valence-electron chi connectivity index (χ1n) is 7.40. The predicted octanol–water partition coefficient (Wildman–Crippen LogP) is 5.52. The second-order valence-corrected chi connectivity index (χ2v) is 6.41. The van der Waals surface area contributed by atoms with Crippen molar-refractivity contribution in [3.05, 3.63) is 58.1 Å². The van der Waals surface area contributed by atoms with Gasteiger partial charge in [0.15, 0.2) is 6.10 Å². The van der Waals surface area contributed by atoms with Crippen molar-refractivity contribution < 1.29 is 9.53 Å². The van der Waals surface area contributed by atoms with Crippen molar-refractivity contribution in [2.24, 2.45) is 0 Å². The molecule has 0 heterocycles. The van der Waals surface area contributed by atoms with E-state index in [0.717, 1.165) is 5.56 Å². The number of para-hydroxylation sites is 1. The van der Waals surface area contributed by atoms with Crippen LogP contribution >= 0.6 is 23.2 Å². The zero-order valence-electron chi connectivity index (χ0n) is 13.3. The molecule has 0 saturated heterocycles. The number of halogens is 2. The number of nitrogens with one attached hydrogen (secondary N) is 1. The van der Waals surface area contributed by atoms with E-state index in [2.05, 4.69) is 19.2 Å². The van der Waals surface area contributed by atoms with Gasteiger partial charge in [-0.2, -0.15) is 0 Å². The molecule has 1 atom stereocenters. The molecule has 2 aromatic carbocycles. The molecule has 122 valence electrons. The Balaban J connectivity index is 2.10. The number of benzene rings is 2. The van der Waals surface area contributed by atoms with E-state index in [1.807, 2.05) is 24.3 Å². The number of rotatable bonds is 5. The zero-order valence-corrected chi connectivity index (χ0v) is 14.8. The second kappa shape index (κ2) is 7.71. The lowest BCUT2D eigenvalue weighted by molar-refractivity contribution is -0.122. The minimum atomic E-state index is -0.662. The van der Waals surface area contributed by atoms with Crippen molar-refractivity contribution in [1.29, 1.82) is 0 Å². The van der Waals surface area contributed by atoms with Gasteiger partial charge in [-0.15, -0.1) is 0 Å². The standard InChI is InChI=1S/C18H19Cl2NO2/c1-11(2)14-6-4-5-7-17(14)23-12(3)18(22)21-16-10-13(19)8-9-15(16)20/h4-12H,1-3H3,(H,21,22). The van der Waals surface area contributed by atoms with E-state index in [1.165, 1.54) is 0 Å². The van der Waals surface area contributed by atoms with Crippen molar-refractivity contribution in [3.63, 3.8) is 0 Å². The topological polar surface area (TPSA) is 38.3 Å². The largest absolute Gasteiger partial charge is 0.481 e. The number of hydrogen-bond acceptors (Lipinski definition) is 2. The van der Waals surface area contributed by atoms with E-state index in [0.29, 0.717) is 27.4 Å². The van der Waals surface area contributed by atoms with Crippen molar-refractivity contribution in [1.82, 2.24) is 0 Å². The van der Waals surface area contributed by atoms with Crippen LogP contribution in [0.15, 0.2) is 42.5 Å². The van der Waals surface area contributed by atoms with E-state index >= 15 is 0 Å². The number of carbonyl (C=O) groups excluding carboxylic acids is 1. The molecule has 2 rings (SSSR count). The molecule has 0 spiro atoms. The maximum Gasteiger partial charge on any atom is 0.265 e. The average molecular weight is 352 g/mol. The van der Waals surface area contributed by atoms with E-state index < -0.39 is 6.10 Å². The van der Waals surface area contributed by atoms with Gasteiger partial charge in [-0.05, 0) is 42.7 Å².